The molecule has 0 spiro atoms. The Kier molecular flexibility index (Phi) is 2.76. The van der Waals surface area contributed by atoms with E-state index in [1.165, 1.54) is 0 Å². The smallest absolute Gasteiger partial charge is 0.207 e. The number of nitrogens with zero attached hydrogens (tertiary/aromatic N) is 2. The first kappa shape index (κ1) is 9.84. The quantitative estimate of drug-likeness (QED) is 0.634. The van der Waals surface area contributed by atoms with E-state index in [4.69, 9.17) is 0 Å². The molecule has 0 unspecified atom stereocenters. The molecule has 3 nitrogen and oxygen atoms in total. The predicted octanol–water partition coefficient (Wildman–Crippen LogP) is 0.984. The van der Waals surface area contributed by atoms with Crippen molar-refractivity contribution in [3.05, 3.63) is 24.8 Å². The van der Waals surface area contributed by atoms with Crippen molar-refractivity contribution in [3.8, 4) is 0 Å². The van der Waals surface area contributed by atoms with Gasteiger partial charge in [0.2, 0.25) is 12.3 Å². The second-order valence-corrected chi connectivity index (χ2v) is 4.09. The third kappa shape index (κ3) is 2.93. The largest absolute Gasteiger partial charge is 0.292 e. The molecule has 1 aromatic heterocycles. The molecule has 0 saturated heterocycles. The molecule has 1 heterocycles. The predicted molar refractivity (Wildman–Crippen MR) is 48.9 cm³/mol. The molecule has 70 valence electrons. The first-order valence-electron chi connectivity index (χ1n) is 4.32. The lowest BCUT2D eigenvalue weighted by Gasteiger charge is -2.13. The highest BCUT2D eigenvalue weighted by Gasteiger charge is 2.24. The summed E-state index contributed by atoms with van der Waals surface area (Å²) in [5.41, 5.74) is -0.268. The average Bonchev–Trinajstić information content (AvgIpc) is 2.04. The molecule has 0 aliphatic heterocycles. The van der Waals surface area contributed by atoms with Crippen molar-refractivity contribution in [1.29, 1.82) is 0 Å². The van der Waals surface area contributed by atoms with Gasteiger partial charge < -0.3 is 0 Å². The minimum absolute atomic E-state index is 0.226. The van der Waals surface area contributed by atoms with Crippen LogP contribution in [-0.4, -0.2) is 10.8 Å². The summed E-state index contributed by atoms with van der Waals surface area (Å²) in [6, 6.07) is 0. The van der Waals surface area contributed by atoms with Crippen molar-refractivity contribution in [2.45, 2.75) is 27.3 Å². The zero-order valence-corrected chi connectivity index (χ0v) is 8.32. The van der Waals surface area contributed by atoms with E-state index in [2.05, 4.69) is 4.98 Å². The fourth-order valence-electron chi connectivity index (χ4n) is 0.856. The third-order valence-corrected chi connectivity index (χ3v) is 1.85. The number of rotatable bonds is 2. The lowest BCUT2D eigenvalue weighted by Crippen LogP contribution is -2.41. The number of carbonyl (C=O) groups excluding carboxylic acids is 1. The Hall–Kier alpha value is -1.25. The SMILES string of the molecule is CC(C)(C)C(=O)C[n+]1ccncc1. The lowest BCUT2D eigenvalue weighted by atomic mass is 9.91. The second kappa shape index (κ2) is 3.64. The van der Waals surface area contributed by atoms with Gasteiger partial charge in [-0.1, -0.05) is 20.8 Å². The van der Waals surface area contributed by atoms with Crippen LogP contribution >= 0.6 is 0 Å². The highest BCUT2D eigenvalue weighted by Crippen LogP contribution is 2.13. The van der Waals surface area contributed by atoms with E-state index in [0.717, 1.165) is 0 Å². The molecule has 0 fully saturated rings. The lowest BCUT2D eigenvalue weighted by molar-refractivity contribution is -0.685. The van der Waals surface area contributed by atoms with Crippen LogP contribution in [0.3, 0.4) is 0 Å². The summed E-state index contributed by atoms with van der Waals surface area (Å²) >= 11 is 0. The van der Waals surface area contributed by atoms with Crippen molar-refractivity contribution in [2.75, 3.05) is 0 Å². The fraction of sp³-hybridized carbons (Fsp3) is 0.500. The van der Waals surface area contributed by atoms with Crippen molar-refractivity contribution >= 4 is 5.78 Å². The molecular weight excluding hydrogens is 164 g/mol. The van der Waals surface area contributed by atoms with Gasteiger partial charge in [-0.25, -0.2) is 0 Å². The Morgan fingerprint density at radius 2 is 1.85 bits per heavy atom. The minimum atomic E-state index is -0.268. The van der Waals surface area contributed by atoms with Crippen molar-refractivity contribution in [1.82, 2.24) is 4.98 Å². The summed E-state index contributed by atoms with van der Waals surface area (Å²) in [5.74, 6) is 0.226. The molecule has 0 radical (unpaired) electrons. The van der Waals surface area contributed by atoms with Gasteiger partial charge in [0.25, 0.3) is 0 Å². The molecule has 0 aliphatic carbocycles. The first-order valence-corrected chi connectivity index (χ1v) is 4.32. The van der Waals surface area contributed by atoms with Crippen molar-refractivity contribution < 1.29 is 9.36 Å². The minimum Gasteiger partial charge on any atom is -0.292 e. The summed E-state index contributed by atoms with van der Waals surface area (Å²) in [4.78, 5) is 15.5. The number of carbonyl (C=O) groups is 1. The standard InChI is InChI=1S/C10H15N2O/c1-10(2,3)9(13)8-12-6-4-11-5-7-12/h4-7H,8H2,1-3H3/q+1. The van der Waals surface area contributed by atoms with E-state index >= 15 is 0 Å². The Labute approximate surface area is 78.4 Å². The average molecular weight is 179 g/mol. The zero-order chi connectivity index (χ0) is 9.90. The van der Waals surface area contributed by atoms with E-state index in [0.29, 0.717) is 6.54 Å². The Bertz CT molecular complexity index is 288. The highest BCUT2D eigenvalue weighted by molar-refractivity contribution is 5.82. The first-order chi connectivity index (χ1) is 6.00. The van der Waals surface area contributed by atoms with Crippen LogP contribution in [0, 0.1) is 5.41 Å². The van der Waals surface area contributed by atoms with E-state index in [-0.39, 0.29) is 11.2 Å². The van der Waals surface area contributed by atoms with E-state index < -0.39 is 0 Å². The number of ketones is 1. The molecule has 13 heavy (non-hydrogen) atoms. The molecule has 0 bridgehead atoms. The Morgan fingerprint density at radius 3 is 2.31 bits per heavy atom. The molecule has 0 aliphatic rings. The second-order valence-electron chi connectivity index (χ2n) is 4.09. The molecule has 0 N–H and O–H groups in total. The topological polar surface area (TPSA) is 33.8 Å². The number of hydrogen-bond acceptors (Lipinski definition) is 2. The molecule has 0 aromatic carbocycles. The monoisotopic (exact) mass is 179 g/mol. The number of Topliss-reactive ketones (excluding diaryl/α,β-unsaturated/α-hetero) is 1. The van der Waals surface area contributed by atoms with Crippen LogP contribution in [0.4, 0.5) is 0 Å². The molecule has 1 rings (SSSR count). The summed E-state index contributed by atoms with van der Waals surface area (Å²) in [7, 11) is 0. The normalized spacial score (nSPS) is 11.3. The Balaban J connectivity index is 2.66. The van der Waals surface area contributed by atoms with Gasteiger partial charge in [0.15, 0.2) is 12.4 Å². The molecule has 1 aromatic rings. The van der Waals surface area contributed by atoms with Gasteiger partial charge in [-0.2, -0.15) is 4.57 Å². The maximum atomic E-state index is 11.6. The van der Waals surface area contributed by atoms with Gasteiger partial charge >= 0.3 is 0 Å². The molecule has 0 atom stereocenters. The van der Waals surface area contributed by atoms with Crippen LogP contribution in [0.1, 0.15) is 20.8 Å². The van der Waals surface area contributed by atoms with Crippen molar-refractivity contribution in [3.63, 3.8) is 0 Å². The van der Waals surface area contributed by atoms with Gasteiger partial charge in [0, 0.05) is 5.41 Å². The molecule has 3 heteroatoms. The number of aromatic nitrogens is 2. The maximum Gasteiger partial charge on any atom is 0.207 e. The zero-order valence-electron chi connectivity index (χ0n) is 8.32. The van der Waals surface area contributed by atoms with Gasteiger partial charge in [-0.05, 0) is 0 Å². The van der Waals surface area contributed by atoms with Crippen LogP contribution in [0.25, 0.3) is 0 Å². The van der Waals surface area contributed by atoms with Gasteiger partial charge in [0.1, 0.15) is 0 Å². The Morgan fingerprint density at radius 1 is 1.31 bits per heavy atom. The van der Waals surface area contributed by atoms with Crippen molar-refractivity contribution in [2.24, 2.45) is 5.41 Å². The van der Waals surface area contributed by atoms with Crippen LogP contribution in [0.2, 0.25) is 0 Å². The van der Waals surface area contributed by atoms with Crippen LogP contribution in [-0.2, 0) is 11.3 Å². The highest BCUT2D eigenvalue weighted by atomic mass is 16.1. The summed E-state index contributed by atoms with van der Waals surface area (Å²) in [6.45, 7) is 6.21. The van der Waals surface area contributed by atoms with Gasteiger partial charge in [-0.3, -0.25) is 9.78 Å². The fourth-order valence-corrected chi connectivity index (χ4v) is 0.856. The third-order valence-electron chi connectivity index (χ3n) is 1.85. The molecule has 0 saturated carbocycles. The summed E-state index contributed by atoms with van der Waals surface area (Å²) < 4.78 is 1.83. The summed E-state index contributed by atoms with van der Waals surface area (Å²) in [6.07, 6.45) is 6.94. The van der Waals surface area contributed by atoms with Crippen LogP contribution < -0.4 is 4.57 Å². The van der Waals surface area contributed by atoms with Gasteiger partial charge in [0.05, 0.1) is 12.4 Å². The van der Waals surface area contributed by atoms with Gasteiger partial charge in [-0.15, -0.1) is 0 Å². The van der Waals surface area contributed by atoms with Crippen LogP contribution in [0.15, 0.2) is 24.8 Å². The van der Waals surface area contributed by atoms with E-state index in [9.17, 15) is 4.79 Å². The van der Waals surface area contributed by atoms with E-state index in [1.54, 1.807) is 24.8 Å². The van der Waals surface area contributed by atoms with E-state index in [1.807, 2.05) is 25.3 Å². The summed E-state index contributed by atoms with van der Waals surface area (Å²) in [5, 5.41) is 0. The van der Waals surface area contributed by atoms with Crippen LogP contribution in [0.5, 0.6) is 0 Å². The maximum absolute atomic E-state index is 11.6. The number of hydrogen-bond donors (Lipinski definition) is 0. The molecular formula is C10H15N2O+. The molecule has 0 amide bonds.